The maximum atomic E-state index is 12.7. The molecule has 0 bridgehead atoms. The third-order valence-corrected chi connectivity index (χ3v) is 4.89. The summed E-state index contributed by atoms with van der Waals surface area (Å²) in [6.45, 7) is 0. The fourth-order valence-electron chi connectivity index (χ4n) is 3.44. The lowest BCUT2D eigenvalue weighted by atomic mass is 10.1. The van der Waals surface area contributed by atoms with Gasteiger partial charge in [-0.15, -0.1) is 0 Å². The highest BCUT2D eigenvalue weighted by molar-refractivity contribution is 6.12. The normalized spacial score (nSPS) is 10.8. The predicted molar refractivity (Wildman–Crippen MR) is 121 cm³/mol. The maximum Gasteiger partial charge on any atom is 0.257 e. The van der Waals surface area contributed by atoms with Crippen LogP contribution >= 0.6 is 0 Å². The number of para-hydroxylation sites is 2. The Morgan fingerprint density at radius 1 is 0.700 bits per heavy atom. The summed E-state index contributed by atoms with van der Waals surface area (Å²) in [4.78, 5) is 21.9. The van der Waals surface area contributed by atoms with Crippen molar-refractivity contribution in [2.75, 3.05) is 10.6 Å². The summed E-state index contributed by atoms with van der Waals surface area (Å²) in [5.41, 5.74) is 2.77. The number of fused-ring (bicyclic) bond motifs is 3. The van der Waals surface area contributed by atoms with E-state index in [2.05, 4.69) is 15.6 Å². The minimum atomic E-state index is -0.203. The number of aromatic nitrogens is 2. The Kier molecular flexibility index (Phi) is 4.54. The van der Waals surface area contributed by atoms with Gasteiger partial charge in [-0.05, 0) is 35.7 Å². The zero-order valence-corrected chi connectivity index (χ0v) is 16.0. The average Bonchev–Trinajstić information content (AvgIpc) is 2.80. The number of hydrogen-bond donors (Lipinski definition) is 2. The number of nitrogens with one attached hydrogen (secondary N) is 2. The Morgan fingerprint density at radius 3 is 2.07 bits per heavy atom. The van der Waals surface area contributed by atoms with E-state index in [1.165, 1.54) is 0 Å². The molecule has 2 aromatic heterocycles. The number of amides is 1. The molecule has 1 amide bonds. The molecule has 0 aliphatic carbocycles. The molecule has 0 radical (unpaired) electrons. The first-order valence-electron chi connectivity index (χ1n) is 9.65. The van der Waals surface area contributed by atoms with Gasteiger partial charge >= 0.3 is 0 Å². The summed E-state index contributed by atoms with van der Waals surface area (Å²) in [6.07, 6.45) is 1.56. The lowest BCUT2D eigenvalue weighted by Crippen LogP contribution is -2.12. The van der Waals surface area contributed by atoms with Crippen LogP contribution in [0.25, 0.3) is 21.8 Å². The minimum Gasteiger partial charge on any atom is -0.340 e. The summed E-state index contributed by atoms with van der Waals surface area (Å²) < 4.78 is 0. The van der Waals surface area contributed by atoms with Gasteiger partial charge in [0, 0.05) is 28.3 Å². The Hall–Kier alpha value is -4.25. The van der Waals surface area contributed by atoms with Crippen LogP contribution in [0.3, 0.4) is 0 Å². The van der Waals surface area contributed by atoms with Crippen LogP contribution in [-0.2, 0) is 0 Å². The summed E-state index contributed by atoms with van der Waals surface area (Å²) in [5.74, 6) is 0.532. The van der Waals surface area contributed by atoms with Crippen molar-refractivity contribution >= 4 is 44.9 Å². The average molecular weight is 390 g/mol. The SMILES string of the molecule is O=C(Nc1ccccc1)c1cnc2nc(Nc3ccccc3)c3ccccc3c2c1. The van der Waals surface area contributed by atoms with E-state index in [-0.39, 0.29) is 5.91 Å². The van der Waals surface area contributed by atoms with Crippen LogP contribution in [0.4, 0.5) is 17.2 Å². The maximum absolute atomic E-state index is 12.7. The number of pyridine rings is 2. The third kappa shape index (κ3) is 3.44. The fourth-order valence-corrected chi connectivity index (χ4v) is 3.44. The molecule has 5 heteroatoms. The second kappa shape index (κ2) is 7.64. The van der Waals surface area contributed by atoms with Crippen molar-refractivity contribution in [2.24, 2.45) is 0 Å². The number of rotatable bonds is 4. The van der Waals surface area contributed by atoms with Gasteiger partial charge < -0.3 is 10.6 Å². The largest absolute Gasteiger partial charge is 0.340 e. The number of carbonyl (C=O) groups is 1. The van der Waals surface area contributed by atoms with Crippen molar-refractivity contribution in [1.29, 1.82) is 0 Å². The molecular weight excluding hydrogens is 372 g/mol. The van der Waals surface area contributed by atoms with Gasteiger partial charge in [0.2, 0.25) is 0 Å². The molecule has 0 aliphatic rings. The highest BCUT2D eigenvalue weighted by atomic mass is 16.1. The van der Waals surface area contributed by atoms with Crippen LogP contribution in [0.1, 0.15) is 10.4 Å². The lowest BCUT2D eigenvalue weighted by molar-refractivity contribution is 0.102. The zero-order chi connectivity index (χ0) is 20.3. The van der Waals surface area contributed by atoms with E-state index in [0.29, 0.717) is 11.2 Å². The van der Waals surface area contributed by atoms with Gasteiger partial charge in [-0.3, -0.25) is 4.79 Å². The molecule has 3 aromatic carbocycles. The highest BCUT2D eigenvalue weighted by Crippen LogP contribution is 2.30. The van der Waals surface area contributed by atoms with Crippen molar-refractivity contribution in [1.82, 2.24) is 9.97 Å². The van der Waals surface area contributed by atoms with E-state index in [1.807, 2.05) is 91.0 Å². The van der Waals surface area contributed by atoms with Gasteiger partial charge in [-0.2, -0.15) is 0 Å². The first-order chi connectivity index (χ1) is 14.8. The van der Waals surface area contributed by atoms with E-state index in [0.717, 1.165) is 33.4 Å². The van der Waals surface area contributed by atoms with Gasteiger partial charge in [0.1, 0.15) is 5.82 Å². The Labute approximate surface area is 173 Å². The second-order valence-corrected chi connectivity index (χ2v) is 6.91. The first kappa shape index (κ1) is 17.8. The lowest BCUT2D eigenvalue weighted by Gasteiger charge is -2.12. The molecule has 0 saturated carbocycles. The molecule has 0 spiro atoms. The molecule has 0 fully saturated rings. The molecule has 30 heavy (non-hydrogen) atoms. The molecule has 0 aliphatic heterocycles. The summed E-state index contributed by atoms with van der Waals surface area (Å²) in [7, 11) is 0. The Morgan fingerprint density at radius 2 is 1.33 bits per heavy atom. The molecule has 144 valence electrons. The van der Waals surface area contributed by atoms with Crippen molar-refractivity contribution in [3.8, 4) is 0 Å². The Balaban J connectivity index is 1.58. The molecule has 5 nitrogen and oxygen atoms in total. The molecule has 0 atom stereocenters. The molecule has 0 saturated heterocycles. The van der Waals surface area contributed by atoms with Crippen molar-refractivity contribution in [3.63, 3.8) is 0 Å². The molecule has 2 heterocycles. The van der Waals surface area contributed by atoms with Crippen LogP contribution in [0, 0.1) is 0 Å². The van der Waals surface area contributed by atoms with Gasteiger partial charge in [-0.1, -0.05) is 60.7 Å². The van der Waals surface area contributed by atoms with Crippen LogP contribution < -0.4 is 10.6 Å². The number of benzene rings is 3. The summed E-state index contributed by atoms with van der Waals surface area (Å²) in [6, 6.07) is 29.1. The number of anilines is 3. The summed E-state index contributed by atoms with van der Waals surface area (Å²) in [5, 5.41) is 9.08. The quantitative estimate of drug-likeness (QED) is 0.382. The second-order valence-electron chi connectivity index (χ2n) is 6.91. The first-order valence-corrected chi connectivity index (χ1v) is 9.65. The van der Waals surface area contributed by atoms with Crippen LogP contribution in [-0.4, -0.2) is 15.9 Å². The van der Waals surface area contributed by atoms with E-state index < -0.39 is 0 Å². The fraction of sp³-hybridized carbons (Fsp3) is 0. The number of carbonyl (C=O) groups excluding carboxylic acids is 1. The van der Waals surface area contributed by atoms with E-state index >= 15 is 0 Å². The molecule has 5 aromatic rings. The smallest absolute Gasteiger partial charge is 0.257 e. The van der Waals surface area contributed by atoms with Gasteiger partial charge in [-0.25, -0.2) is 9.97 Å². The van der Waals surface area contributed by atoms with E-state index in [9.17, 15) is 4.79 Å². The third-order valence-electron chi connectivity index (χ3n) is 4.89. The van der Waals surface area contributed by atoms with Gasteiger partial charge in [0.05, 0.1) is 5.56 Å². The van der Waals surface area contributed by atoms with E-state index in [4.69, 9.17) is 4.98 Å². The van der Waals surface area contributed by atoms with Crippen molar-refractivity contribution in [2.45, 2.75) is 0 Å². The molecule has 2 N–H and O–H groups in total. The number of nitrogens with zero attached hydrogens (tertiary/aromatic N) is 2. The van der Waals surface area contributed by atoms with Gasteiger partial charge in [0.25, 0.3) is 5.91 Å². The van der Waals surface area contributed by atoms with Crippen molar-refractivity contribution in [3.05, 3.63) is 103 Å². The standard InChI is InChI=1S/C25H18N4O/c30-25(28-19-11-5-2-6-12-19)17-15-22-20-13-7-8-14-21(20)24(29-23(22)26-16-17)27-18-9-3-1-4-10-18/h1-16H,(H,28,30)(H,26,27,29). The van der Waals surface area contributed by atoms with Crippen LogP contribution in [0.2, 0.25) is 0 Å². The predicted octanol–water partition coefficient (Wildman–Crippen LogP) is 5.78. The van der Waals surface area contributed by atoms with Crippen LogP contribution in [0.15, 0.2) is 97.2 Å². The Bertz CT molecular complexity index is 1350. The van der Waals surface area contributed by atoms with Gasteiger partial charge in [0.15, 0.2) is 5.65 Å². The van der Waals surface area contributed by atoms with Crippen LogP contribution in [0.5, 0.6) is 0 Å². The summed E-state index contributed by atoms with van der Waals surface area (Å²) >= 11 is 0. The van der Waals surface area contributed by atoms with E-state index in [1.54, 1.807) is 6.20 Å². The topological polar surface area (TPSA) is 66.9 Å². The van der Waals surface area contributed by atoms with Crippen molar-refractivity contribution < 1.29 is 4.79 Å². The molecular formula is C25H18N4O. The monoisotopic (exact) mass is 390 g/mol. The zero-order valence-electron chi connectivity index (χ0n) is 16.0. The minimum absolute atomic E-state index is 0.203. The number of hydrogen-bond acceptors (Lipinski definition) is 4. The molecule has 0 unspecified atom stereocenters. The highest BCUT2D eigenvalue weighted by Gasteiger charge is 2.13. The molecule has 5 rings (SSSR count).